The van der Waals surface area contributed by atoms with Crippen LogP contribution in [0.4, 0.5) is 14.5 Å². The molecule has 1 N–H and O–H groups in total. The van der Waals surface area contributed by atoms with Crippen molar-refractivity contribution in [2.24, 2.45) is 0 Å². The Labute approximate surface area is 87.3 Å². The molecule has 0 heterocycles. The topological polar surface area (TPSA) is 29.1 Å². The van der Waals surface area contributed by atoms with Crippen molar-refractivity contribution in [3.05, 3.63) is 29.8 Å². The molecule has 0 aliphatic carbocycles. The molecule has 0 aliphatic rings. The van der Waals surface area contributed by atoms with Gasteiger partial charge in [0.2, 0.25) is 0 Å². The number of anilines is 1. The third-order valence-corrected chi connectivity index (χ3v) is 2.04. The minimum atomic E-state index is -2.98. The zero-order chi connectivity index (χ0) is 11.4. The van der Waals surface area contributed by atoms with Crippen LogP contribution in [0.5, 0.6) is 0 Å². The highest BCUT2D eigenvalue weighted by Crippen LogP contribution is 2.17. The Morgan fingerprint density at radius 1 is 1.20 bits per heavy atom. The van der Waals surface area contributed by atoms with E-state index in [1.807, 2.05) is 26.0 Å². The van der Waals surface area contributed by atoms with Crippen LogP contribution in [0.25, 0.3) is 0 Å². The molecule has 0 saturated carbocycles. The second kappa shape index (κ2) is 4.87. The molecule has 0 radical (unpaired) electrons. The molecule has 0 atom stereocenters. The lowest BCUT2D eigenvalue weighted by Gasteiger charge is -2.07. The maximum atomic E-state index is 11.9. The first-order chi connectivity index (χ1) is 7.00. The molecule has 1 rings (SSSR count). The Morgan fingerprint density at radius 3 is 2.13 bits per heavy atom. The molecule has 0 unspecified atom stereocenters. The minimum Gasteiger partial charge on any atom is -0.321 e. The molecular formula is C11H13F2NO. The van der Waals surface area contributed by atoms with Crippen molar-refractivity contribution in [3.63, 3.8) is 0 Å². The van der Waals surface area contributed by atoms with Crippen LogP contribution in [0.1, 0.15) is 25.3 Å². The van der Waals surface area contributed by atoms with Gasteiger partial charge >= 0.3 is 6.43 Å². The molecule has 0 saturated heterocycles. The van der Waals surface area contributed by atoms with Gasteiger partial charge in [0.15, 0.2) is 0 Å². The minimum absolute atomic E-state index is 0.379. The highest BCUT2D eigenvalue weighted by molar-refractivity contribution is 5.93. The lowest BCUT2D eigenvalue weighted by Crippen LogP contribution is -2.19. The molecule has 1 aromatic carbocycles. The first-order valence-electron chi connectivity index (χ1n) is 4.69. The summed E-state index contributed by atoms with van der Waals surface area (Å²) in [5.74, 6) is -0.892. The van der Waals surface area contributed by atoms with Crippen molar-refractivity contribution in [1.29, 1.82) is 0 Å². The normalized spacial score (nSPS) is 10.8. The summed E-state index contributed by atoms with van der Waals surface area (Å²) in [6.45, 7) is 4.07. The summed E-state index contributed by atoms with van der Waals surface area (Å²) in [6.07, 6.45) is -2.98. The molecule has 82 valence electrons. The summed E-state index contributed by atoms with van der Waals surface area (Å²) in [7, 11) is 0. The third kappa shape index (κ3) is 3.31. The highest BCUT2D eigenvalue weighted by atomic mass is 19.3. The van der Waals surface area contributed by atoms with E-state index in [4.69, 9.17) is 0 Å². The summed E-state index contributed by atoms with van der Waals surface area (Å²) in [4.78, 5) is 10.7. The number of rotatable bonds is 3. The van der Waals surface area contributed by atoms with Gasteiger partial charge in [0.25, 0.3) is 5.91 Å². The predicted molar refractivity (Wildman–Crippen MR) is 55.2 cm³/mol. The van der Waals surface area contributed by atoms with E-state index in [1.54, 1.807) is 12.1 Å². The number of hydrogen-bond acceptors (Lipinski definition) is 1. The van der Waals surface area contributed by atoms with E-state index in [2.05, 4.69) is 5.32 Å². The maximum absolute atomic E-state index is 11.9. The Morgan fingerprint density at radius 2 is 1.73 bits per heavy atom. The summed E-state index contributed by atoms with van der Waals surface area (Å²) in [6, 6.07) is 6.86. The molecule has 1 aromatic rings. The van der Waals surface area contributed by atoms with E-state index in [9.17, 15) is 13.6 Å². The first kappa shape index (κ1) is 11.6. The summed E-state index contributed by atoms with van der Waals surface area (Å²) >= 11 is 0. The predicted octanol–water partition coefficient (Wildman–Crippen LogP) is 3.01. The standard InChI is InChI=1S/C11H13F2NO/c1-7(2)8-3-5-9(6-4-8)14-11(15)10(12)13/h3-7,10H,1-2H3,(H,14,15). The van der Waals surface area contributed by atoms with Gasteiger partial charge in [-0.05, 0) is 23.6 Å². The second-order valence-corrected chi connectivity index (χ2v) is 3.57. The molecule has 0 fully saturated rings. The van der Waals surface area contributed by atoms with E-state index in [0.29, 0.717) is 11.6 Å². The number of alkyl halides is 2. The van der Waals surface area contributed by atoms with Gasteiger partial charge in [-0.25, -0.2) is 0 Å². The van der Waals surface area contributed by atoms with Gasteiger partial charge in [0, 0.05) is 5.69 Å². The summed E-state index contributed by atoms with van der Waals surface area (Å²) < 4.78 is 23.8. The van der Waals surface area contributed by atoms with E-state index in [-0.39, 0.29) is 0 Å². The van der Waals surface area contributed by atoms with Gasteiger partial charge in [-0.2, -0.15) is 8.78 Å². The van der Waals surface area contributed by atoms with Gasteiger partial charge in [-0.3, -0.25) is 4.79 Å². The monoisotopic (exact) mass is 213 g/mol. The summed E-state index contributed by atoms with van der Waals surface area (Å²) in [5, 5.41) is 2.12. The average Bonchev–Trinajstić information content (AvgIpc) is 2.18. The highest BCUT2D eigenvalue weighted by Gasteiger charge is 2.14. The Hall–Kier alpha value is -1.45. The number of nitrogens with one attached hydrogen (secondary N) is 1. The van der Waals surface area contributed by atoms with Gasteiger partial charge in [-0.15, -0.1) is 0 Å². The van der Waals surface area contributed by atoms with Gasteiger partial charge in [0.1, 0.15) is 0 Å². The second-order valence-electron chi connectivity index (χ2n) is 3.57. The molecule has 15 heavy (non-hydrogen) atoms. The Balaban J connectivity index is 2.69. The van der Waals surface area contributed by atoms with Crippen LogP contribution < -0.4 is 5.32 Å². The van der Waals surface area contributed by atoms with Crippen LogP contribution in [-0.2, 0) is 4.79 Å². The quantitative estimate of drug-likeness (QED) is 0.821. The van der Waals surface area contributed by atoms with Crippen LogP contribution in [0.15, 0.2) is 24.3 Å². The average molecular weight is 213 g/mol. The van der Waals surface area contributed by atoms with E-state index in [1.165, 1.54) is 0 Å². The van der Waals surface area contributed by atoms with Crippen LogP contribution in [-0.4, -0.2) is 12.3 Å². The van der Waals surface area contributed by atoms with Gasteiger partial charge in [0.05, 0.1) is 0 Å². The Bertz CT molecular complexity index is 333. The van der Waals surface area contributed by atoms with Crippen LogP contribution in [0.2, 0.25) is 0 Å². The van der Waals surface area contributed by atoms with Gasteiger partial charge < -0.3 is 5.32 Å². The van der Waals surface area contributed by atoms with Crippen LogP contribution in [0, 0.1) is 0 Å². The number of benzene rings is 1. The van der Waals surface area contributed by atoms with E-state index in [0.717, 1.165) is 5.56 Å². The SMILES string of the molecule is CC(C)c1ccc(NC(=O)C(F)F)cc1. The smallest absolute Gasteiger partial charge is 0.315 e. The third-order valence-electron chi connectivity index (χ3n) is 2.04. The molecule has 0 aromatic heterocycles. The van der Waals surface area contributed by atoms with Crippen molar-refractivity contribution < 1.29 is 13.6 Å². The number of hydrogen-bond donors (Lipinski definition) is 1. The van der Waals surface area contributed by atoms with Crippen molar-refractivity contribution >= 4 is 11.6 Å². The molecule has 0 spiro atoms. The summed E-state index contributed by atoms with van der Waals surface area (Å²) in [5.41, 5.74) is 1.50. The van der Waals surface area contributed by atoms with Crippen LogP contribution in [0.3, 0.4) is 0 Å². The molecular weight excluding hydrogens is 200 g/mol. The molecule has 4 heteroatoms. The van der Waals surface area contributed by atoms with E-state index < -0.39 is 12.3 Å². The van der Waals surface area contributed by atoms with Crippen molar-refractivity contribution in [1.82, 2.24) is 0 Å². The Kier molecular flexibility index (Phi) is 3.77. The molecule has 2 nitrogen and oxygen atoms in total. The molecule has 0 bridgehead atoms. The van der Waals surface area contributed by atoms with Gasteiger partial charge in [-0.1, -0.05) is 26.0 Å². The van der Waals surface area contributed by atoms with E-state index >= 15 is 0 Å². The fourth-order valence-corrected chi connectivity index (χ4v) is 1.15. The van der Waals surface area contributed by atoms with Crippen molar-refractivity contribution in [2.45, 2.75) is 26.2 Å². The number of carbonyl (C=O) groups is 1. The van der Waals surface area contributed by atoms with Crippen LogP contribution >= 0.6 is 0 Å². The number of amides is 1. The zero-order valence-corrected chi connectivity index (χ0v) is 8.63. The fourth-order valence-electron chi connectivity index (χ4n) is 1.15. The first-order valence-corrected chi connectivity index (χ1v) is 4.69. The zero-order valence-electron chi connectivity index (χ0n) is 8.63. The lowest BCUT2D eigenvalue weighted by molar-refractivity contribution is -0.126. The number of carbonyl (C=O) groups excluding carboxylic acids is 1. The molecule has 1 amide bonds. The lowest BCUT2D eigenvalue weighted by atomic mass is 10.0. The fraction of sp³-hybridized carbons (Fsp3) is 0.364. The number of halogens is 2. The van der Waals surface area contributed by atoms with Crippen molar-refractivity contribution in [3.8, 4) is 0 Å². The molecule has 0 aliphatic heterocycles. The van der Waals surface area contributed by atoms with Crippen molar-refractivity contribution in [2.75, 3.05) is 5.32 Å². The maximum Gasteiger partial charge on any atom is 0.315 e. The largest absolute Gasteiger partial charge is 0.321 e.